The van der Waals surface area contributed by atoms with Crippen LogP contribution in [0.2, 0.25) is 10.0 Å². The van der Waals surface area contributed by atoms with Crippen LogP contribution in [0.25, 0.3) is 0 Å². The van der Waals surface area contributed by atoms with Crippen molar-refractivity contribution in [2.45, 2.75) is 0 Å². The summed E-state index contributed by atoms with van der Waals surface area (Å²) >= 11 is 11.8. The molecule has 1 aromatic heterocycles. The molecule has 0 atom stereocenters. The average molecular weight is 297 g/mol. The molecule has 98 valence electrons. The Morgan fingerprint density at radius 2 is 2.00 bits per heavy atom. The molecule has 19 heavy (non-hydrogen) atoms. The first-order valence-electron chi connectivity index (χ1n) is 5.36. The second-order valence-corrected chi connectivity index (χ2v) is 4.46. The van der Waals surface area contributed by atoms with Gasteiger partial charge in [-0.2, -0.15) is 0 Å². The zero-order valence-electron chi connectivity index (χ0n) is 9.95. The molecule has 1 aromatic carbocycles. The fourth-order valence-corrected chi connectivity index (χ4v) is 1.69. The van der Waals surface area contributed by atoms with Gasteiger partial charge in [0.2, 0.25) is 0 Å². The highest BCUT2D eigenvalue weighted by Gasteiger charge is 2.10. The maximum atomic E-state index is 11.9. The van der Waals surface area contributed by atoms with Crippen molar-refractivity contribution in [3.8, 4) is 0 Å². The zero-order valence-corrected chi connectivity index (χ0v) is 11.5. The monoisotopic (exact) mass is 296 g/mol. The van der Waals surface area contributed by atoms with Gasteiger partial charge in [-0.15, -0.1) is 0 Å². The van der Waals surface area contributed by atoms with Crippen LogP contribution in [0.15, 0.2) is 30.6 Å². The molecule has 0 fully saturated rings. The van der Waals surface area contributed by atoms with Crippen molar-refractivity contribution in [1.82, 2.24) is 9.97 Å². The van der Waals surface area contributed by atoms with Crippen LogP contribution in [-0.2, 0) is 0 Å². The van der Waals surface area contributed by atoms with Crippen molar-refractivity contribution < 1.29 is 4.79 Å². The van der Waals surface area contributed by atoms with Gasteiger partial charge in [0.1, 0.15) is 11.5 Å². The summed E-state index contributed by atoms with van der Waals surface area (Å²) < 4.78 is 0. The Balaban J connectivity index is 2.18. The predicted octanol–water partition coefficient (Wildman–Crippen LogP) is 3.08. The molecule has 0 saturated heterocycles. The van der Waals surface area contributed by atoms with Crippen LogP contribution in [0.5, 0.6) is 0 Å². The van der Waals surface area contributed by atoms with Gasteiger partial charge < -0.3 is 10.6 Å². The summed E-state index contributed by atoms with van der Waals surface area (Å²) in [6, 6.07) is 4.81. The quantitative estimate of drug-likeness (QED) is 0.913. The van der Waals surface area contributed by atoms with Crippen molar-refractivity contribution in [2.75, 3.05) is 17.7 Å². The normalized spacial score (nSPS) is 10.1. The van der Waals surface area contributed by atoms with E-state index in [1.807, 2.05) is 0 Å². The number of carbonyl (C=O) groups excluding carboxylic acids is 1. The van der Waals surface area contributed by atoms with Gasteiger partial charge in [-0.3, -0.25) is 4.79 Å². The molecule has 1 amide bonds. The molecule has 7 heteroatoms. The Hall–Kier alpha value is -1.85. The van der Waals surface area contributed by atoms with E-state index in [2.05, 4.69) is 20.6 Å². The lowest BCUT2D eigenvalue weighted by atomic mass is 10.3. The summed E-state index contributed by atoms with van der Waals surface area (Å²) in [4.78, 5) is 19.9. The molecule has 2 aromatic rings. The van der Waals surface area contributed by atoms with Gasteiger partial charge in [-0.05, 0) is 18.2 Å². The van der Waals surface area contributed by atoms with Crippen LogP contribution in [0, 0.1) is 0 Å². The molecule has 0 aliphatic rings. The van der Waals surface area contributed by atoms with E-state index in [0.29, 0.717) is 21.6 Å². The number of benzene rings is 1. The van der Waals surface area contributed by atoms with Crippen molar-refractivity contribution >= 4 is 40.6 Å². The van der Waals surface area contributed by atoms with Crippen LogP contribution < -0.4 is 10.6 Å². The van der Waals surface area contributed by atoms with Crippen molar-refractivity contribution in [3.05, 3.63) is 46.3 Å². The minimum Gasteiger partial charge on any atom is -0.372 e. The molecule has 1 heterocycles. The SMILES string of the molecule is CNc1cnc(C(=O)Nc2cc(Cl)ccc2Cl)cn1. The fraction of sp³-hybridized carbons (Fsp3) is 0.0833. The van der Waals surface area contributed by atoms with Crippen molar-refractivity contribution in [2.24, 2.45) is 0 Å². The molecule has 0 saturated carbocycles. The third-order valence-electron chi connectivity index (χ3n) is 2.32. The van der Waals surface area contributed by atoms with Gasteiger partial charge in [-0.1, -0.05) is 23.2 Å². The number of hydrogen-bond acceptors (Lipinski definition) is 4. The number of rotatable bonds is 3. The second kappa shape index (κ2) is 5.86. The molecular weight excluding hydrogens is 287 g/mol. The lowest BCUT2D eigenvalue weighted by molar-refractivity contribution is 0.102. The Bertz CT molecular complexity index is 601. The van der Waals surface area contributed by atoms with Crippen molar-refractivity contribution in [3.63, 3.8) is 0 Å². The van der Waals surface area contributed by atoms with Gasteiger partial charge in [0.15, 0.2) is 0 Å². The molecule has 5 nitrogen and oxygen atoms in total. The van der Waals surface area contributed by atoms with Crippen molar-refractivity contribution in [1.29, 1.82) is 0 Å². The highest BCUT2D eigenvalue weighted by molar-refractivity contribution is 6.35. The van der Waals surface area contributed by atoms with E-state index >= 15 is 0 Å². The third kappa shape index (κ3) is 3.33. The molecule has 0 spiro atoms. The molecular formula is C12H10Cl2N4O. The Labute approximate surface area is 120 Å². The Morgan fingerprint density at radius 3 is 2.63 bits per heavy atom. The topological polar surface area (TPSA) is 66.9 Å². The largest absolute Gasteiger partial charge is 0.372 e. The maximum absolute atomic E-state index is 11.9. The number of carbonyl (C=O) groups is 1. The Morgan fingerprint density at radius 1 is 1.21 bits per heavy atom. The van der Waals surface area contributed by atoms with Gasteiger partial charge in [0, 0.05) is 12.1 Å². The molecule has 0 bridgehead atoms. The number of hydrogen-bond donors (Lipinski definition) is 2. The minimum atomic E-state index is -0.403. The number of halogens is 2. The second-order valence-electron chi connectivity index (χ2n) is 3.62. The molecule has 2 rings (SSSR count). The van der Waals surface area contributed by atoms with E-state index in [1.54, 1.807) is 25.2 Å². The van der Waals surface area contributed by atoms with E-state index < -0.39 is 5.91 Å². The van der Waals surface area contributed by atoms with Gasteiger partial charge in [-0.25, -0.2) is 9.97 Å². The standard InChI is InChI=1S/C12H10Cl2N4O/c1-15-11-6-16-10(5-17-11)12(19)18-9-4-7(13)2-3-8(9)14/h2-6H,1H3,(H,15,17)(H,18,19). The van der Waals surface area contributed by atoms with Crippen LogP contribution >= 0.6 is 23.2 Å². The van der Waals surface area contributed by atoms with E-state index in [9.17, 15) is 4.79 Å². The summed E-state index contributed by atoms with van der Waals surface area (Å²) in [6.07, 6.45) is 2.84. The number of anilines is 2. The van der Waals surface area contributed by atoms with Crippen LogP contribution in [-0.4, -0.2) is 22.9 Å². The summed E-state index contributed by atoms with van der Waals surface area (Å²) in [5.41, 5.74) is 0.619. The molecule has 0 unspecified atom stereocenters. The van der Waals surface area contributed by atoms with E-state index in [4.69, 9.17) is 23.2 Å². The number of nitrogens with one attached hydrogen (secondary N) is 2. The van der Waals surface area contributed by atoms with E-state index in [0.717, 1.165) is 0 Å². The molecule has 0 aliphatic carbocycles. The Kier molecular flexibility index (Phi) is 4.19. The molecule has 0 aliphatic heterocycles. The van der Waals surface area contributed by atoms with Crippen LogP contribution in [0.1, 0.15) is 10.5 Å². The van der Waals surface area contributed by atoms with Gasteiger partial charge >= 0.3 is 0 Å². The molecule has 2 N–H and O–H groups in total. The van der Waals surface area contributed by atoms with E-state index in [-0.39, 0.29) is 5.69 Å². The lowest BCUT2D eigenvalue weighted by Gasteiger charge is -2.07. The van der Waals surface area contributed by atoms with Crippen LogP contribution in [0.3, 0.4) is 0 Å². The number of amides is 1. The minimum absolute atomic E-state index is 0.190. The summed E-state index contributed by atoms with van der Waals surface area (Å²) in [6.45, 7) is 0. The highest BCUT2D eigenvalue weighted by Crippen LogP contribution is 2.25. The van der Waals surface area contributed by atoms with Gasteiger partial charge in [0.25, 0.3) is 5.91 Å². The fourth-order valence-electron chi connectivity index (χ4n) is 1.35. The lowest BCUT2D eigenvalue weighted by Crippen LogP contribution is -2.14. The van der Waals surface area contributed by atoms with Gasteiger partial charge in [0.05, 0.1) is 23.1 Å². The third-order valence-corrected chi connectivity index (χ3v) is 2.88. The maximum Gasteiger partial charge on any atom is 0.275 e. The highest BCUT2D eigenvalue weighted by atomic mass is 35.5. The first kappa shape index (κ1) is 13.6. The predicted molar refractivity (Wildman–Crippen MR) is 76.0 cm³/mol. The first-order valence-corrected chi connectivity index (χ1v) is 6.12. The first-order chi connectivity index (χ1) is 9.10. The zero-order chi connectivity index (χ0) is 13.8. The summed E-state index contributed by atoms with van der Waals surface area (Å²) in [5.74, 6) is 0.177. The summed E-state index contributed by atoms with van der Waals surface area (Å²) in [7, 11) is 1.72. The molecule has 0 radical (unpaired) electrons. The van der Waals surface area contributed by atoms with E-state index in [1.165, 1.54) is 12.4 Å². The number of aromatic nitrogens is 2. The smallest absolute Gasteiger partial charge is 0.275 e. The number of nitrogens with zero attached hydrogens (tertiary/aromatic N) is 2. The average Bonchev–Trinajstić information content (AvgIpc) is 2.43. The van der Waals surface area contributed by atoms with Crippen LogP contribution in [0.4, 0.5) is 11.5 Å². The summed E-state index contributed by atoms with van der Waals surface area (Å²) in [5, 5.41) is 6.33.